The third-order valence-corrected chi connectivity index (χ3v) is 2.83. The molecule has 1 aliphatic heterocycles. The zero-order valence-corrected chi connectivity index (χ0v) is 10.1. The maximum absolute atomic E-state index is 13.7. The minimum atomic E-state index is -0.927. The van der Waals surface area contributed by atoms with Gasteiger partial charge in [-0.15, -0.1) is 0 Å². The molecule has 0 saturated carbocycles. The van der Waals surface area contributed by atoms with Gasteiger partial charge in [0.25, 0.3) is 0 Å². The second kappa shape index (κ2) is 5.13. The molecule has 2 heterocycles. The van der Waals surface area contributed by atoms with Gasteiger partial charge < -0.3 is 10.1 Å². The molecular formula is C12H11FN2O4. The lowest BCUT2D eigenvalue weighted by Gasteiger charge is -2.08. The van der Waals surface area contributed by atoms with Crippen LogP contribution in [0.25, 0.3) is 0 Å². The molecule has 6 nitrogen and oxygen atoms in total. The molecule has 0 bridgehead atoms. The van der Waals surface area contributed by atoms with Crippen molar-refractivity contribution in [3.8, 4) is 0 Å². The Kier molecular flexibility index (Phi) is 3.55. The first-order chi connectivity index (χ1) is 9.10. The Morgan fingerprint density at radius 2 is 2.37 bits per heavy atom. The number of ether oxygens (including phenoxy) is 1. The number of ketones is 1. The number of anilines is 1. The third kappa shape index (κ3) is 2.18. The number of carbonyl (C=O) groups excluding carboxylic acids is 3. The van der Waals surface area contributed by atoms with Gasteiger partial charge in [0.05, 0.1) is 24.4 Å². The highest BCUT2D eigenvalue weighted by Gasteiger charge is 2.35. The van der Waals surface area contributed by atoms with Crippen molar-refractivity contribution in [1.82, 2.24) is 4.98 Å². The number of rotatable bonds is 4. The van der Waals surface area contributed by atoms with Gasteiger partial charge in [-0.1, -0.05) is 0 Å². The summed E-state index contributed by atoms with van der Waals surface area (Å²) in [6.45, 7) is 1.85. The fourth-order valence-electron chi connectivity index (χ4n) is 2.01. The molecule has 1 N–H and O–H groups in total. The Balaban J connectivity index is 2.49. The van der Waals surface area contributed by atoms with Crippen LogP contribution < -0.4 is 5.32 Å². The smallest absolute Gasteiger partial charge is 0.359 e. The monoisotopic (exact) mass is 266 g/mol. The number of carbonyl (C=O) groups is 3. The summed E-state index contributed by atoms with van der Waals surface area (Å²) >= 11 is 0. The van der Waals surface area contributed by atoms with Crippen molar-refractivity contribution < 1.29 is 23.5 Å². The Morgan fingerprint density at radius 1 is 1.63 bits per heavy atom. The standard InChI is InChI=1S/C12H11FN2O4/c1-2-19-12(18)11-10-9(7(13)4-15-11)6(3-14-10)8(17)5-16/h4-6,14H,2-3H2,1H3. The second-order valence-electron chi connectivity index (χ2n) is 3.92. The molecule has 0 saturated heterocycles. The van der Waals surface area contributed by atoms with Gasteiger partial charge in [-0.3, -0.25) is 9.59 Å². The number of halogens is 1. The summed E-state index contributed by atoms with van der Waals surface area (Å²) in [5.74, 6) is -3.10. The zero-order chi connectivity index (χ0) is 14.0. The van der Waals surface area contributed by atoms with E-state index in [4.69, 9.17) is 4.74 Å². The van der Waals surface area contributed by atoms with Crippen LogP contribution in [-0.2, 0) is 14.3 Å². The Hall–Kier alpha value is -2.31. The summed E-state index contributed by atoms with van der Waals surface area (Å²) in [6.07, 6.45) is 0.995. The van der Waals surface area contributed by atoms with Crippen LogP contribution in [0.2, 0.25) is 0 Å². The van der Waals surface area contributed by atoms with Crippen molar-refractivity contribution in [2.75, 3.05) is 18.5 Å². The second-order valence-corrected chi connectivity index (χ2v) is 3.92. The maximum atomic E-state index is 13.7. The molecule has 7 heteroatoms. The number of Topliss-reactive ketones (excluding diaryl/α,β-unsaturated/α-hetero) is 1. The highest BCUT2D eigenvalue weighted by Crippen LogP contribution is 2.35. The van der Waals surface area contributed by atoms with Crippen molar-refractivity contribution in [3.05, 3.63) is 23.3 Å². The number of esters is 1. The summed E-state index contributed by atoms with van der Waals surface area (Å²) in [7, 11) is 0. The number of aromatic nitrogens is 1. The summed E-state index contributed by atoms with van der Waals surface area (Å²) in [5.41, 5.74) is 0.0354. The fourth-order valence-corrected chi connectivity index (χ4v) is 2.01. The molecule has 1 unspecified atom stereocenters. The van der Waals surface area contributed by atoms with Crippen LogP contribution in [-0.4, -0.2) is 36.2 Å². The Morgan fingerprint density at radius 3 is 3.00 bits per heavy atom. The van der Waals surface area contributed by atoms with Gasteiger partial charge in [0, 0.05) is 12.1 Å². The van der Waals surface area contributed by atoms with E-state index in [0.717, 1.165) is 6.20 Å². The molecule has 1 atom stereocenters. The average molecular weight is 266 g/mol. The van der Waals surface area contributed by atoms with E-state index in [1.165, 1.54) is 0 Å². The van der Waals surface area contributed by atoms with Crippen LogP contribution in [0, 0.1) is 5.82 Å². The molecule has 2 rings (SSSR count). The number of hydrogen-bond acceptors (Lipinski definition) is 6. The van der Waals surface area contributed by atoms with Crippen LogP contribution in [0.5, 0.6) is 0 Å². The first-order valence-electron chi connectivity index (χ1n) is 5.68. The predicted molar refractivity (Wildman–Crippen MR) is 62.5 cm³/mol. The molecule has 0 radical (unpaired) electrons. The van der Waals surface area contributed by atoms with Crippen molar-refractivity contribution in [2.24, 2.45) is 0 Å². The van der Waals surface area contributed by atoms with Crippen molar-refractivity contribution in [1.29, 1.82) is 0 Å². The number of nitrogens with zero attached hydrogens (tertiary/aromatic N) is 1. The van der Waals surface area contributed by atoms with Gasteiger partial charge in [0.1, 0.15) is 5.82 Å². The van der Waals surface area contributed by atoms with Gasteiger partial charge in [0.2, 0.25) is 5.78 Å². The van der Waals surface area contributed by atoms with E-state index in [2.05, 4.69) is 10.3 Å². The summed E-state index contributed by atoms with van der Waals surface area (Å²) in [5, 5.41) is 2.73. The van der Waals surface area contributed by atoms with Gasteiger partial charge in [-0.2, -0.15) is 0 Å². The van der Waals surface area contributed by atoms with Crippen molar-refractivity contribution in [3.63, 3.8) is 0 Å². The quantitative estimate of drug-likeness (QED) is 0.490. The van der Waals surface area contributed by atoms with E-state index < -0.39 is 23.5 Å². The van der Waals surface area contributed by atoms with E-state index in [0.29, 0.717) is 0 Å². The molecule has 0 spiro atoms. The summed E-state index contributed by atoms with van der Waals surface area (Å²) < 4.78 is 18.5. The van der Waals surface area contributed by atoms with Crippen molar-refractivity contribution in [2.45, 2.75) is 12.8 Å². The molecular weight excluding hydrogens is 255 g/mol. The maximum Gasteiger partial charge on any atom is 0.359 e. The van der Waals surface area contributed by atoms with Gasteiger partial charge >= 0.3 is 5.97 Å². The number of pyridine rings is 1. The zero-order valence-electron chi connectivity index (χ0n) is 10.1. The Bertz CT molecular complexity index is 559. The van der Waals surface area contributed by atoms with E-state index >= 15 is 0 Å². The Labute approximate surface area is 108 Å². The highest BCUT2D eigenvalue weighted by atomic mass is 19.1. The normalized spacial score (nSPS) is 16.4. The van der Waals surface area contributed by atoms with E-state index in [1.54, 1.807) is 6.92 Å². The minimum Gasteiger partial charge on any atom is -0.461 e. The lowest BCUT2D eigenvalue weighted by atomic mass is 9.97. The molecule has 0 fully saturated rings. The van der Waals surface area contributed by atoms with Crippen LogP contribution in [0.4, 0.5) is 10.1 Å². The topological polar surface area (TPSA) is 85.4 Å². The van der Waals surface area contributed by atoms with Crippen molar-refractivity contribution >= 4 is 23.7 Å². The molecule has 0 aromatic carbocycles. The molecule has 19 heavy (non-hydrogen) atoms. The largest absolute Gasteiger partial charge is 0.461 e. The third-order valence-electron chi connectivity index (χ3n) is 2.83. The number of hydrogen-bond donors (Lipinski definition) is 1. The molecule has 0 amide bonds. The van der Waals surface area contributed by atoms with E-state index in [-0.39, 0.29) is 36.4 Å². The molecule has 100 valence electrons. The van der Waals surface area contributed by atoms with Crippen LogP contribution in [0.15, 0.2) is 6.20 Å². The van der Waals surface area contributed by atoms with E-state index in [1.807, 2.05) is 0 Å². The van der Waals surface area contributed by atoms with Crippen LogP contribution >= 0.6 is 0 Å². The average Bonchev–Trinajstić information content (AvgIpc) is 2.84. The van der Waals surface area contributed by atoms with Crippen LogP contribution in [0.3, 0.4) is 0 Å². The lowest BCUT2D eigenvalue weighted by Crippen LogP contribution is -2.16. The number of aldehydes is 1. The van der Waals surface area contributed by atoms with Gasteiger partial charge in [0.15, 0.2) is 12.0 Å². The highest BCUT2D eigenvalue weighted by molar-refractivity contribution is 6.28. The molecule has 0 aliphatic carbocycles. The lowest BCUT2D eigenvalue weighted by molar-refractivity contribution is -0.130. The first-order valence-corrected chi connectivity index (χ1v) is 5.68. The molecule has 1 aliphatic rings. The van der Waals surface area contributed by atoms with Gasteiger partial charge in [-0.05, 0) is 6.92 Å². The first kappa shape index (κ1) is 13.1. The van der Waals surface area contributed by atoms with Crippen LogP contribution in [0.1, 0.15) is 28.9 Å². The summed E-state index contributed by atoms with van der Waals surface area (Å²) in [4.78, 5) is 37.3. The predicted octanol–water partition coefficient (Wildman–Crippen LogP) is 0.674. The summed E-state index contributed by atoms with van der Waals surface area (Å²) in [6, 6.07) is 0. The molecule has 1 aromatic heterocycles. The van der Waals surface area contributed by atoms with E-state index in [9.17, 15) is 18.8 Å². The number of nitrogens with one attached hydrogen (secondary N) is 1. The molecule has 1 aromatic rings. The fraction of sp³-hybridized carbons (Fsp3) is 0.333. The number of fused-ring (bicyclic) bond motifs is 1. The SMILES string of the molecule is CCOC(=O)c1ncc(F)c2c1NCC2C(=O)C=O. The van der Waals surface area contributed by atoms with Gasteiger partial charge in [-0.25, -0.2) is 14.2 Å². The minimum absolute atomic E-state index is 0.00449.